The number of aryl methyl sites for hydroxylation is 4. The van der Waals surface area contributed by atoms with Crippen LogP contribution in [0.15, 0.2) is 29.3 Å². The van der Waals surface area contributed by atoms with Gasteiger partial charge in [0, 0.05) is 13.0 Å². The molecule has 0 radical (unpaired) electrons. The molecule has 0 heterocycles. The van der Waals surface area contributed by atoms with E-state index in [1.54, 1.807) is 0 Å². The molecule has 0 aliphatic heterocycles. The van der Waals surface area contributed by atoms with Crippen molar-refractivity contribution in [2.45, 2.75) is 60.3 Å². The van der Waals surface area contributed by atoms with Gasteiger partial charge in [-0.1, -0.05) is 42.3 Å². The molecule has 4 N–H and O–H groups in total. The summed E-state index contributed by atoms with van der Waals surface area (Å²) >= 11 is 0. The highest BCUT2D eigenvalue weighted by molar-refractivity contribution is 5.75. The molecular weight excluding hydrogens is 346 g/mol. The number of ether oxygens (including phenoxy) is 1. The van der Waals surface area contributed by atoms with Gasteiger partial charge in [-0.2, -0.15) is 0 Å². The molecule has 0 saturated heterocycles. The Morgan fingerprint density at radius 1 is 0.893 bits per heavy atom. The molecule has 2 rings (SSSR count). The van der Waals surface area contributed by atoms with Crippen LogP contribution in [0, 0.1) is 27.7 Å². The summed E-state index contributed by atoms with van der Waals surface area (Å²) in [6, 6.07) is 9.06. The van der Waals surface area contributed by atoms with Crippen molar-refractivity contribution in [2.75, 3.05) is 13.2 Å². The van der Waals surface area contributed by atoms with Gasteiger partial charge in [-0.15, -0.1) is 0 Å². The van der Waals surface area contributed by atoms with Crippen LogP contribution in [0.3, 0.4) is 0 Å². The van der Waals surface area contributed by atoms with Gasteiger partial charge in [-0.05, 0) is 74.8 Å². The molecule has 28 heavy (non-hydrogen) atoms. The Bertz CT molecular complexity index is 836. The van der Waals surface area contributed by atoms with E-state index in [1.807, 2.05) is 0 Å². The summed E-state index contributed by atoms with van der Waals surface area (Å²) < 4.78 is 6.28. The van der Waals surface area contributed by atoms with Crippen molar-refractivity contribution in [1.29, 1.82) is 0 Å². The van der Waals surface area contributed by atoms with Crippen molar-refractivity contribution in [3.8, 4) is 5.75 Å². The Morgan fingerprint density at radius 3 is 2.21 bits per heavy atom. The number of aliphatic imine (C=N–C) groups is 1. The maximum atomic E-state index is 6.28. The van der Waals surface area contributed by atoms with Crippen LogP contribution in [-0.4, -0.2) is 19.1 Å². The SMILES string of the molecule is CCc1cc(C)cc(Cc2cc(C)cc(C)c2C)c1OCCCCN=C(N)N. The predicted molar refractivity (Wildman–Crippen MR) is 119 cm³/mol. The molecule has 0 aliphatic rings. The van der Waals surface area contributed by atoms with Crippen LogP contribution in [0.1, 0.15) is 58.7 Å². The summed E-state index contributed by atoms with van der Waals surface area (Å²) in [4.78, 5) is 4.03. The van der Waals surface area contributed by atoms with Crippen molar-refractivity contribution in [3.63, 3.8) is 0 Å². The third-order valence-corrected chi connectivity index (χ3v) is 5.16. The highest BCUT2D eigenvalue weighted by Crippen LogP contribution is 2.30. The second kappa shape index (κ2) is 10.2. The summed E-state index contributed by atoms with van der Waals surface area (Å²) in [5, 5.41) is 0. The van der Waals surface area contributed by atoms with Crippen molar-refractivity contribution >= 4 is 5.96 Å². The van der Waals surface area contributed by atoms with Crippen molar-refractivity contribution in [1.82, 2.24) is 0 Å². The highest BCUT2D eigenvalue weighted by Gasteiger charge is 2.13. The topological polar surface area (TPSA) is 73.6 Å². The van der Waals surface area contributed by atoms with E-state index in [9.17, 15) is 0 Å². The first-order chi connectivity index (χ1) is 13.3. The fraction of sp³-hybridized carbons (Fsp3) is 0.458. The molecule has 0 bridgehead atoms. The van der Waals surface area contributed by atoms with Crippen LogP contribution in [-0.2, 0) is 12.8 Å². The monoisotopic (exact) mass is 381 g/mol. The molecule has 152 valence electrons. The van der Waals surface area contributed by atoms with E-state index in [4.69, 9.17) is 16.2 Å². The lowest BCUT2D eigenvalue weighted by atomic mass is 9.92. The summed E-state index contributed by atoms with van der Waals surface area (Å²) in [6.07, 6.45) is 3.70. The number of nitrogens with two attached hydrogens (primary N) is 2. The average molecular weight is 382 g/mol. The quantitative estimate of drug-likeness (QED) is 0.381. The molecule has 4 heteroatoms. The molecule has 0 spiro atoms. The molecular formula is C24H35N3O. The van der Waals surface area contributed by atoms with E-state index in [0.717, 1.165) is 31.4 Å². The average Bonchev–Trinajstić information content (AvgIpc) is 2.62. The van der Waals surface area contributed by atoms with Crippen LogP contribution < -0.4 is 16.2 Å². The maximum Gasteiger partial charge on any atom is 0.185 e. The van der Waals surface area contributed by atoms with Gasteiger partial charge in [0.2, 0.25) is 0 Å². The predicted octanol–water partition coefficient (Wildman–Crippen LogP) is 4.51. The third-order valence-electron chi connectivity index (χ3n) is 5.16. The standard InChI is InChI=1S/C24H35N3O/c1-6-20-12-17(3)14-22(15-21-13-16(2)11-18(4)19(21)5)23(20)28-10-8-7-9-27-24(25)26/h11-14H,6-10,15H2,1-5H3,(H4,25,26,27). The second-order valence-corrected chi connectivity index (χ2v) is 7.67. The lowest BCUT2D eigenvalue weighted by Gasteiger charge is -2.18. The number of hydrogen-bond acceptors (Lipinski definition) is 2. The molecule has 0 fully saturated rings. The van der Waals surface area contributed by atoms with Crippen molar-refractivity contribution in [2.24, 2.45) is 16.5 Å². The first-order valence-electron chi connectivity index (χ1n) is 10.2. The van der Waals surface area contributed by atoms with Crippen LogP contribution in [0.25, 0.3) is 0 Å². The lowest BCUT2D eigenvalue weighted by molar-refractivity contribution is 0.302. The molecule has 0 atom stereocenters. The van der Waals surface area contributed by atoms with E-state index < -0.39 is 0 Å². The minimum Gasteiger partial charge on any atom is -0.493 e. The Hall–Kier alpha value is -2.49. The minimum atomic E-state index is 0.152. The molecule has 0 saturated carbocycles. The van der Waals surface area contributed by atoms with E-state index in [2.05, 4.69) is 63.9 Å². The number of hydrogen-bond donors (Lipinski definition) is 2. The molecule has 0 amide bonds. The summed E-state index contributed by atoms with van der Waals surface area (Å²) in [7, 11) is 0. The van der Waals surface area contributed by atoms with Crippen LogP contribution in [0.2, 0.25) is 0 Å². The van der Waals surface area contributed by atoms with Crippen LogP contribution in [0.5, 0.6) is 5.75 Å². The van der Waals surface area contributed by atoms with Crippen molar-refractivity contribution in [3.05, 3.63) is 63.2 Å². The Kier molecular flexibility index (Phi) is 7.91. The molecule has 0 unspecified atom stereocenters. The molecule has 4 nitrogen and oxygen atoms in total. The smallest absolute Gasteiger partial charge is 0.185 e. The Balaban J connectivity index is 2.21. The van der Waals surface area contributed by atoms with Crippen molar-refractivity contribution < 1.29 is 4.74 Å². The van der Waals surface area contributed by atoms with Gasteiger partial charge in [0.05, 0.1) is 6.61 Å². The van der Waals surface area contributed by atoms with Gasteiger partial charge >= 0.3 is 0 Å². The zero-order valence-electron chi connectivity index (χ0n) is 18.1. The van der Waals surface area contributed by atoms with Gasteiger partial charge in [-0.25, -0.2) is 0 Å². The highest BCUT2D eigenvalue weighted by atomic mass is 16.5. The molecule has 0 aromatic heterocycles. The maximum absolute atomic E-state index is 6.28. The number of nitrogens with zero attached hydrogens (tertiary/aromatic N) is 1. The fourth-order valence-electron chi connectivity index (χ4n) is 3.62. The van der Waals surface area contributed by atoms with Crippen LogP contribution >= 0.6 is 0 Å². The fourth-order valence-corrected chi connectivity index (χ4v) is 3.62. The zero-order valence-corrected chi connectivity index (χ0v) is 18.1. The number of rotatable bonds is 9. The first kappa shape index (κ1) is 21.8. The van der Waals surface area contributed by atoms with Gasteiger partial charge in [0.15, 0.2) is 5.96 Å². The number of benzene rings is 2. The Morgan fingerprint density at radius 2 is 1.54 bits per heavy atom. The van der Waals surface area contributed by atoms with Gasteiger partial charge in [0.1, 0.15) is 5.75 Å². The third kappa shape index (κ3) is 6.01. The van der Waals surface area contributed by atoms with E-state index >= 15 is 0 Å². The van der Waals surface area contributed by atoms with E-state index in [-0.39, 0.29) is 5.96 Å². The van der Waals surface area contributed by atoms with Gasteiger partial charge in [-0.3, -0.25) is 4.99 Å². The summed E-state index contributed by atoms with van der Waals surface area (Å²) in [5.74, 6) is 1.20. The summed E-state index contributed by atoms with van der Waals surface area (Å²) in [5.41, 5.74) is 20.0. The minimum absolute atomic E-state index is 0.152. The number of guanidine groups is 1. The van der Waals surface area contributed by atoms with Crippen LogP contribution in [0.4, 0.5) is 0 Å². The molecule has 2 aromatic rings. The second-order valence-electron chi connectivity index (χ2n) is 7.67. The van der Waals surface area contributed by atoms with Gasteiger partial charge < -0.3 is 16.2 Å². The van der Waals surface area contributed by atoms with Gasteiger partial charge in [0.25, 0.3) is 0 Å². The molecule has 0 aliphatic carbocycles. The Labute approximate surface area is 170 Å². The zero-order chi connectivity index (χ0) is 20.7. The number of unbranched alkanes of at least 4 members (excludes halogenated alkanes) is 1. The summed E-state index contributed by atoms with van der Waals surface area (Å²) in [6.45, 7) is 12.2. The molecule has 2 aromatic carbocycles. The normalized spacial score (nSPS) is 10.8. The first-order valence-corrected chi connectivity index (χ1v) is 10.2. The van der Waals surface area contributed by atoms with E-state index in [1.165, 1.54) is 38.9 Å². The van der Waals surface area contributed by atoms with E-state index in [0.29, 0.717) is 13.2 Å². The lowest BCUT2D eigenvalue weighted by Crippen LogP contribution is -2.23. The largest absolute Gasteiger partial charge is 0.493 e.